The second kappa shape index (κ2) is 13.1. The van der Waals surface area contributed by atoms with Crippen LogP contribution in [0.15, 0.2) is 0 Å². The van der Waals surface area contributed by atoms with Crippen molar-refractivity contribution >= 4 is 32.3 Å². The first-order chi connectivity index (χ1) is 6.41. The maximum atomic E-state index is 4.08. The fourth-order valence-corrected chi connectivity index (χ4v) is 2.98. The Labute approximate surface area is 96.2 Å². The second-order valence-corrected chi connectivity index (χ2v) is 6.66. The van der Waals surface area contributed by atoms with Gasteiger partial charge in [0.2, 0.25) is 0 Å². The number of hydrogen-bond donors (Lipinski definition) is 1. The summed E-state index contributed by atoms with van der Waals surface area (Å²) in [6.45, 7) is 2.27. The minimum Gasteiger partial charge on any atom is -0.0997 e. The van der Waals surface area contributed by atoms with Crippen LogP contribution in [0.4, 0.5) is 0 Å². The van der Waals surface area contributed by atoms with Crippen LogP contribution in [0.25, 0.3) is 0 Å². The molecule has 0 aromatic carbocycles. The average Bonchev–Trinajstić information content (AvgIpc) is 2.16. The summed E-state index contributed by atoms with van der Waals surface area (Å²) < 4.78 is 0. The number of unbranched alkanes of at least 4 members (excludes halogenated alkanes) is 7. The quantitative estimate of drug-likeness (QED) is 0.309. The molecule has 0 bridgehead atoms. The van der Waals surface area contributed by atoms with Crippen LogP contribution in [-0.4, -0.2) is 5.75 Å². The number of thiol groups is 1. The molecule has 0 N–H and O–H groups in total. The van der Waals surface area contributed by atoms with Crippen LogP contribution < -0.4 is 0 Å². The van der Waals surface area contributed by atoms with Crippen molar-refractivity contribution < 1.29 is 0 Å². The van der Waals surface area contributed by atoms with Gasteiger partial charge in [-0.2, -0.15) is 0 Å². The summed E-state index contributed by atoms with van der Waals surface area (Å²) in [7, 11) is 3.45. The van der Waals surface area contributed by atoms with Crippen LogP contribution in [0.1, 0.15) is 58.3 Å². The second-order valence-electron chi connectivity index (χ2n) is 3.37. The zero-order valence-corrected chi connectivity index (χ0v) is 11.2. The minimum atomic E-state index is 1.27. The first kappa shape index (κ1) is 14.1. The van der Waals surface area contributed by atoms with Crippen LogP contribution >= 0.6 is 32.3 Å². The molecule has 0 amide bonds. The molecule has 13 heavy (non-hydrogen) atoms. The van der Waals surface area contributed by atoms with Gasteiger partial charge in [-0.25, -0.2) is 0 Å². The molecule has 0 rings (SSSR count). The molecule has 0 spiro atoms. The van der Waals surface area contributed by atoms with E-state index in [4.69, 9.17) is 0 Å². The summed E-state index contributed by atoms with van der Waals surface area (Å²) in [6, 6.07) is 0. The summed E-state index contributed by atoms with van der Waals surface area (Å²) in [5.41, 5.74) is 0. The molecule has 0 saturated heterocycles. The van der Waals surface area contributed by atoms with Crippen molar-refractivity contribution in [1.29, 1.82) is 0 Å². The van der Waals surface area contributed by atoms with Gasteiger partial charge in [0.05, 0.1) is 0 Å². The van der Waals surface area contributed by atoms with Gasteiger partial charge in [-0.3, -0.25) is 0 Å². The van der Waals surface area contributed by atoms with Crippen LogP contribution in [0.5, 0.6) is 0 Å². The summed E-state index contributed by atoms with van der Waals surface area (Å²) in [5.74, 6) is 1.27. The lowest BCUT2D eigenvalue weighted by molar-refractivity contribution is 0.586. The Morgan fingerprint density at radius 1 is 0.846 bits per heavy atom. The van der Waals surface area contributed by atoms with Crippen LogP contribution in [0.3, 0.4) is 0 Å². The van der Waals surface area contributed by atoms with Crippen molar-refractivity contribution in [2.24, 2.45) is 0 Å². The van der Waals surface area contributed by atoms with Crippen molar-refractivity contribution in [2.45, 2.75) is 58.3 Å². The van der Waals surface area contributed by atoms with E-state index >= 15 is 0 Å². The van der Waals surface area contributed by atoms with Gasteiger partial charge in [0.1, 0.15) is 0 Å². The molecule has 0 heterocycles. The number of hydrogen-bond acceptors (Lipinski definition) is 3. The van der Waals surface area contributed by atoms with Gasteiger partial charge in [0, 0.05) is 5.75 Å². The Balaban J connectivity index is 2.76. The Kier molecular flexibility index (Phi) is 14.1. The van der Waals surface area contributed by atoms with Gasteiger partial charge < -0.3 is 0 Å². The van der Waals surface area contributed by atoms with Gasteiger partial charge in [-0.05, 0) is 16.2 Å². The van der Waals surface area contributed by atoms with E-state index in [-0.39, 0.29) is 0 Å². The topological polar surface area (TPSA) is 0 Å². The lowest BCUT2D eigenvalue weighted by Gasteiger charge is -2.00. The molecule has 0 aliphatic carbocycles. The predicted octanol–water partition coefficient (Wildman–Crippen LogP) is 5.35. The highest BCUT2D eigenvalue weighted by atomic mass is 33.5. The van der Waals surface area contributed by atoms with E-state index in [1.165, 1.54) is 57.1 Å². The molecule has 0 aliphatic rings. The molecule has 80 valence electrons. The normalized spacial score (nSPS) is 10.6. The molecule has 0 radical (unpaired) electrons. The molecule has 0 saturated carbocycles. The lowest BCUT2D eigenvalue weighted by atomic mass is 10.1. The van der Waals surface area contributed by atoms with Crippen molar-refractivity contribution in [3.63, 3.8) is 0 Å². The first-order valence-electron chi connectivity index (χ1n) is 5.35. The summed E-state index contributed by atoms with van der Waals surface area (Å²) in [4.78, 5) is 0. The average molecular weight is 238 g/mol. The van der Waals surface area contributed by atoms with Gasteiger partial charge in [-0.15, -0.1) is 0 Å². The molecule has 0 aliphatic heterocycles. The minimum absolute atomic E-state index is 1.27. The summed E-state index contributed by atoms with van der Waals surface area (Å²) in [5, 5.41) is 0. The van der Waals surface area contributed by atoms with Crippen molar-refractivity contribution in [3.05, 3.63) is 0 Å². The summed E-state index contributed by atoms with van der Waals surface area (Å²) in [6.07, 6.45) is 11.3. The van der Waals surface area contributed by atoms with Crippen LogP contribution in [-0.2, 0) is 0 Å². The van der Waals surface area contributed by atoms with E-state index in [0.717, 1.165) is 0 Å². The van der Waals surface area contributed by atoms with Crippen LogP contribution in [0.2, 0.25) is 0 Å². The largest absolute Gasteiger partial charge is 0.0997 e. The monoisotopic (exact) mass is 238 g/mol. The molecule has 0 atom stereocenters. The van der Waals surface area contributed by atoms with E-state index in [1.54, 1.807) is 9.83 Å². The third-order valence-corrected chi connectivity index (χ3v) is 4.46. The third-order valence-electron chi connectivity index (χ3n) is 2.13. The Morgan fingerprint density at radius 3 is 1.92 bits per heavy atom. The van der Waals surface area contributed by atoms with Gasteiger partial charge in [0.15, 0.2) is 0 Å². The molecular weight excluding hydrogens is 216 g/mol. The van der Waals surface area contributed by atoms with Gasteiger partial charge in [0.25, 0.3) is 0 Å². The van der Waals surface area contributed by atoms with Gasteiger partial charge in [-0.1, -0.05) is 74.3 Å². The highest BCUT2D eigenvalue weighted by Gasteiger charge is 1.91. The Bertz CT molecular complexity index is 76.2. The smallest absolute Gasteiger partial charge is 0.00450 e. The molecule has 0 nitrogen and oxygen atoms in total. The molecule has 0 aromatic heterocycles. The fraction of sp³-hybridized carbons (Fsp3) is 1.00. The molecule has 0 fully saturated rings. The lowest BCUT2D eigenvalue weighted by Crippen LogP contribution is -1.81. The molecular formula is C10H22S3. The van der Waals surface area contributed by atoms with Crippen molar-refractivity contribution in [2.75, 3.05) is 5.75 Å². The van der Waals surface area contributed by atoms with Crippen LogP contribution in [0, 0.1) is 0 Å². The molecule has 3 heteroatoms. The Morgan fingerprint density at radius 2 is 1.38 bits per heavy atom. The highest BCUT2D eigenvalue weighted by molar-refractivity contribution is 9.05. The fourth-order valence-electron chi connectivity index (χ4n) is 1.33. The molecule has 0 aromatic rings. The standard InChI is InChI=1S/C10H22S3/c1-2-3-4-5-6-7-8-9-10-12-13-11/h11H,2-10H2,1H3. The van der Waals surface area contributed by atoms with E-state index in [2.05, 4.69) is 18.6 Å². The van der Waals surface area contributed by atoms with E-state index in [9.17, 15) is 0 Å². The predicted molar refractivity (Wildman–Crippen MR) is 71.6 cm³/mol. The summed E-state index contributed by atoms with van der Waals surface area (Å²) >= 11 is 4.08. The maximum Gasteiger partial charge on any atom is 0.00450 e. The highest BCUT2D eigenvalue weighted by Crippen LogP contribution is 2.25. The first-order valence-corrected chi connectivity index (χ1v) is 8.72. The van der Waals surface area contributed by atoms with Crippen molar-refractivity contribution in [3.8, 4) is 0 Å². The maximum absolute atomic E-state index is 4.08. The third kappa shape index (κ3) is 13.1. The van der Waals surface area contributed by atoms with Gasteiger partial charge >= 0.3 is 0 Å². The van der Waals surface area contributed by atoms with E-state index in [0.29, 0.717) is 0 Å². The van der Waals surface area contributed by atoms with Crippen molar-refractivity contribution in [1.82, 2.24) is 0 Å². The van der Waals surface area contributed by atoms with E-state index < -0.39 is 0 Å². The SMILES string of the molecule is CCCCCCCCCCSSS. The zero-order chi connectivity index (χ0) is 9.78. The Hall–Kier alpha value is 1.05. The molecule has 0 unspecified atom stereocenters. The zero-order valence-electron chi connectivity index (χ0n) is 8.63. The number of rotatable bonds is 10. The van der Waals surface area contributed by atoms with E-state index in [1.807, 2.05) is 10.8 Å².